The molecule has 0 aromatic rings. The lowest BCUT2D eigenvalue weighted by Gasteiger charge is -2.36. The largest absolute Gasteiger partial charge is 0.479 e. The van der Waals surface area contributed by atoms with Crippen molar-refractivity contribution in [2.45, 2.75) is 30.1 Å². The van der Waals surface area contributed by atoms with Crippen molar-refractivity contribution < 1.29 is 23.1 Å². The number of hydrogen-bond donors (Lipinski definition) is 1. The van der Waals surface area contributed by atoms with E-state index >= 15 is 0 Å². The van der Waals surface area contributed by atoms with Crippen molar-refractivity contribution in [2.75, 3.05) is 13.3 Å². The second-order valence-corrected chi connectivity index (χ2v) is 6.38. The van der Waals surface area contributed by atoms with Crippen LogP contribution in [0.5, 0.6) is 0 Å². The number of rotatable bonds is 4. The molecule has 0 radical (unpaired) electrons. The van der Waals surface area contributed by atoms with Gasteiger partial charge in [-0.05, 0) is 19.3 Å². The first-order valence-electron chi connectivity index (χ1n) is 4.87. The Balaban J connectivity index is 3.30. The molecule has 0 bridgehead atoms. The number of aliphatic carboxylic acids is 1. The molecule has 0 aliphatic heterocycles. The van der Waals surface area contributed by atoms with Crippen molar-refractivity contribution in [2.24, 2.45) is 0 Å². The standard InChI is InChI=1S/C9H15NO5S/c1-10(6-11)9(8(12)13)5-3-4-7(9)16(2,14)15/h6-7H,3-5H2,1-2H3,(H,12,13). The maximum atomic E-state index is 11.6. The number of nitrogens with zero attached hydrogens (tertiary/aromatic N) is 1. The van der Waals surface area contributed by atoms with Gasteiger partial charge in [0, 0.05) is 13.3 Å². The number of hydrogen-bond acceptors (Lipinski definition) is 4. The zero-order chi connectivity index (χ0) is 12.6. The van der Waals surface area contributed by atoms with E-state index in [0.717, 1.165) is 11.2 Å². The Kier molecular flexibility index (Phi) is 3.27. The fraction of sp³-hybridized carbons (Fsp3) is 0.778. The van der Waals surface area contributed by atoms with Gasteiger partial charge in [-0.1, -0.05) is 0 Å². The molecule has 1 rings (SSSR count). The third kappa shape index (κ3) is 1.79. The van der Waals surface area contributed by atoms with Crippen LogP contribution in [-0.4, -0.2) is 54.9 Å². The summed E-state index contributed by atoms with van der Waals surface area (Å²) < 4.78 is 23.1. The van der Waals surface area contributed by atoms with Crippen molar-refractivity contribution in [3.05, 3.63) is 0 Å². The van der Waals surface area contributed by atoms with Gasteiger partial charge in [-0.15, -0.1) is 0 Å². The average Bonchev–Trinajstić information content (AvgIpc) is 2.60. The highest BCUT2D eigenvalue weighted by Gasteiger charge is 2.56. The molecule has 92 valence electrons. The second-order valence-electron chi connectivity index (χ2n) is 4.16. The van der Waals surface area contributed by atoms with Gasteiger partial charge in [0.1, 0.15) is 0 Å². The Morgan fingerprint density at radius 1 is 1.56 bits per heavy atom. The summed E-state index contributed by atoms with van der Waals surface area (Å²) in [6.45, 7) is 0. The fourth-order valence-corrected chi connectivity index (χ4v) is 4.11. The molecular weight excluding hydrogens is 234 g/mol. The zero-order valence-corrected chi connectivity index (χ0v) is 10.0. The quantitative estimate of drug-likeness (QED) is 0.678. The maximum absolute atomic E-state index is 11.6. The third-order valence-electron chi connectivity index (χ3n) is 3.23. The van der Waals surface area contributed by atoms with E-state index in [2.05, 4.69) is 0 Å². The molecule has 0 saturated heterocycles. The number of amides is 1. The minimum absolute atomic E-state index is 0.176. The molecule has 1 amide bonds. The monoisotopic (exact) mass is 249 g/mol. The van der Waals surface area contributed by atoms with Crippen LogP contribution in [0.1, 0.15) is 19.3 Å². The molecule has 2 unspecified atom stereocenters. The van der Waals surface area contributed by atoms with E-state index in [1.807, 2.05) is 0 Å². The van der Waals surface area contributed by atoms with Gasteiger partial charge < -0.3 is 10.0 Å². The zero-order valence-electron chi connectivity index (χ0n) is 9.21. The maximum Gasteiger partial charge on any atom is 0.330 e. The molecule has 0 heterocycles. The Bertz CT molecular complexity index is 404. The number of sulfone groups is 1. The van der Waals surface area contributed by atoms with E-state index in [1.165, 1.54) is 7.05 Å². The van der Waals surface area contributed by atoms with Gasteiger partial charge in [0.05, 0.1) is 5.25 Å². The molecule has 1 fully saturated rings. The van der Waals surface area contributed by atoms with Crippen molar-refractivity contribution in [1.82, 2.24) is 4.90 Å². The molecule has 1 aliphatic rings. The van der Waals surface area contributed by atoms with Crippen molar-refractivity contribution in [3.8, 4) is 0 Å². The number of carbonyl (C=O) groups is 2. The van der Waals surface area contributed by atoms with E-state index in [9.17, 15) is 23.1 Å². The normalized spacial score (nSPS) is 30.0. The van der Waals surface area contributed by atoms with Crippen molar-refractivity contribution in [3.63, 3.8) is 0 Å². The van der Waals surface area contributed by atoms with Crippen LogP contribution in [-0.2, 0) is 19.4 Å². The van der Waals surface area contributed by atoms with Crippen LogP contribution < -0.4 is 0 Å². The topological polar surface area (TPSA) is 91.8 Å². The van der Waals surface area contributed by atoms with E-state index < -0.39 is 26.6 Å². The van der Waals surface area contributed by atoms with Gasteiger partial charge in [-0.25, -0.2) is 13.2 Å². The summed E-state index contributed by atoms with van der Waals surface area (Å²) in [4.78, 5) is 23.0. The number of likely N-dealkylation sites (N-methyl/N-ethyl adjacent to an activating group) is 1. The number of carboxylic acid groups (broad SMARTS) is 1. The molecule has 0 aromatic heterocycles. The third-order valence-corrected chi connectivity index (χ3v) is 4.89. The molecule has 1 aliphatic carbocycles. The summed E-state index contributed by atoms with van der Waals surface area (Å²) in [6.07, 6.45) is 2.33. The Labute approximate surface area is 94.2 Å². The summed E-state index contributed by atoms with van der Waals surface area (Å²) in [7, 11) is -2.18. The van der Waals surface area contributed by atoms with Crippen LogP contribution in [0, 0.1) is 0 Å². The predicted octanol–water partition coefficient (Wildman–Crippen LogP) is -0.505. The lowest BCUT2D eigenvalue weighted by molar-refractivity contribution is -0.153. The molecule has 0 spiro atoms. The molecule has 6 nitrogen and oxygen atoms in total. The van der Waals surface area contributed by atoms with E-state index in [-0.39, 0.29) is 12.8 Å². The van der Waals surface area contributed by atoms with Crippen LogP contribution in [0.4, 0.5) is 0 Å². The van der Waals surface area contributed by atoms with Gasteiger partial charge in [-0.2, -0.15) is 0 Å². The summed E-state index contributed by atoms with van der Waals surface area (Å²) >= 11 is 0. The first kappa shape index (κ1) is 13.0. The Morgan fingerprint density at radius 2 is 2.12 bits per heavy atom. The average molecular weight is 249 g/mol. The van der Waals surface area contributed by atoms with Crippen LogP contribution >= 0.6 is 0 Å². The molecule has 2 atom stereocenters. The SMILES string of the molecule is CN(C=O)C1(C(=O)O)CCCC1S(C)(=O)=O. The first-order valence-corrected chi connectivity index (χ1v) is 6.82. The highest BCUT2D eigenvalue weighted by molar-refractivity contribution is 7.91. The van der Waals surface area contributed by atoms with E-state index in [1.54, 1.807) is 0 Å². The van der Waals surface area contributed by atoms with Crippen LogP contribution in [0.15, 0.2) is 0 Å². The smallest absolute Gasteiger partial charge is 0.330 e. The molecule has 0 aromatic carbocycles. The predicted molar refractivity (Wildman–Crippen MR) is 56.7 cm³/mol. The van der Waals surface area contributed by atoms with Crippen LogP contribution in [0.3, 0.4) is 0 Å². The van der Waals surface area contributed by atoms with E-state index in [4.69, 9.17) is 0 Å². The van der Waals surface area contributed by atoms with Crippen molar-refractivity contribution in [1.29, 1.82) is 0 Å². The summed E-state index contributed by atoms with van der Waals surface area (Å²) in [5.74, 6) is -1.25. The minimum Gasteiger partial charge on any atom is -0.479 e. The van der Waals surface area contributed by atoms with Gasteiger partial charge in [0.25, 0.3) is 0 Å². The van der Waals surface area contributed by atoms with Gasteiger partial charge in [0.2, 0.25) is 6.41 Å². The Hall–Kier alpha value is -1.11. The first-order chi connectivity index (χ1) is 7.26. The highest BCUT2D eigenvalue weighted by Crippen LogP contribution is 2.38. The van der Waals surface area contributed by atoms with E-state index in [0.29, 0.717) is 12.8 Å². The summed E-state index contributed by atoms with van der Waals surface area (Å²) in [5, 5.41) is 8.21. The van der Waals surface area contributed by atoms with Crippen LogP contribution in [0.2, 0.25) is 0 Å². The molecule has 7 heteroatoms. The lowest BCUT2D eigenvalue weighted by atomic mass is 9.96. The van der Waals surface area contributed by atoms with Gasteiger partial charge >= 0.3 is 5.97 Å². The number of carboxylic acids is 1. The molecule has 1 N–H and O–H groups in total. The summed E-state index contributed by atoms with van der Waals surface area (Å²) in [5.41, 5.74) is -1.60. The van der Waals surface area contributed by atoms with Gasteiger partial charge in [-0.3, -0.25) is 4.79 Å². The molecule has 1 saturated carbocycles. The highest BCUT2D eigenvalue weighted by atomic mass is 32.2. The second kappa shape index (κ2) is 4.04. The lowest BCUT2D eigenvalue weighted by Crippen LogP contribution is -2.59. The van der Waals surface area contributed by atoms with Crippen molar-refractivity contribution >= 4 is 22.2 Å². The molecule has 16 heavy (non-hydrogen) atoms. The van der Waals surface area contributed by atoms with Crippen LogP contribution in [0.25, 0.3) is 0 Å². The fourth-order valence-electron chi connectivity index (χ4n) is 2.42. The minimum atomic E-state index is -3.49. The number of carbonyl (C=O) groups excluding carboxylic acids is 1. The van der Waals surface area contributed by atoms with Gasteiger partial charge in [0.15, 0.2) is 15.4 Å². The Morgan fingerprint density at radius 3 is 2.50 bits per heavy atom. The molecular formula is C9H15NO5S. The summed E-state index contributed by atoms with van der Waals surface area (Å²) in [6, 6.07) is 0.